The lowest BCUT2D eigenvalue weighted by molar-refractivity contribution is -0.138. The molecule has 24 heteroatoms. The van der Waals surface area contributed by atoms with Crippen molar-refractivity contribution in [3.8, 4) is 11.5 Å². The summed E-state index contributed by atoms with van der Waals surface area (Å²) in [4.78, 5) is 76.7. The number of nitrogens with one attached hydrogen (secondary N) is 4. The van der Waals surface area contributed by atoms with E-state index < -0.39 is 52.3 Å². The molecule has 4 aromatic carbocycles. The molecule has 1 aromatic heterocycles. The van der Waals surface area contributed by atoms with Crippen LogP contribution in [0.2, 0.25) is 10.0 Å². The number of hydrogen-bond acceptors (Lipinski definition) is 14. The van der Waals surface area contributed by atoms with Gasteiger partial charge in [-0.2, -0.15) is 13.2 Å². The fourth-order valence-corrected chi connectivity index (χ4v) is 7.84. The van der Waals surface area contributed by atoms with Gasteiger partial charge in [0.1, 0.15) is 24.1 Å². The van der Waals surface area contributed by atoms with Crippen molar-refractivity contribution in [1.82, 2.24) is 30.5 Å². The Morgan fingerprint density at radius 2 is 1.62 bits per heavy atom. The SMILES string of the molecule is O=C1CCC(N2C(=O)c3cccc(NC(=O)COCCOCCOCCn4cc(CNC(=O)c5ccc(Oc6ccc(Cl)cc6NSc6ccc(Cl)c(C(F)(F)F)c6)cc5)nn4)c3C2=O)C(=O)N1. The molecule has 0 bridgehead atoms. The normalized spacial score (nSPS) is 14.7. The standard InChI is InChI=1S/C44H39Cl2F3N8O10S/c45-26-6-12-36(34(20-26)54-68-29-9-10-32(46)31(21-29)44(47,48)49)67-28-7-4-25(5-8-28)40(60)50-22-27-23-56(55-53-27)14-15-64-16-17-65-18-19-66-24-38(59)51-33-3-1-2-30-39(33)43(63)57(42(30)62)35-11-13-37(58)52-41(35)61/h1-10,12,20-21,23,35,54H,11,13-19,22,24H2,(H,50,60)(H,51,59)(H,52,58,61). The lowest BCUT2D eigenvalue weighted by Gasteiger charge is -2.27. The number of hydrogen-bond donors (Lipinski definition) is 4. The van der Waals surface area contributed by atoms with Crippen LogP contribution in [0.4, 0.5) is 24.5 Å². The van der Waals surface area contributed by atoms with E-state index in [1.807, 2.05) is 0 Å². The molecule has 0 spiro atoms. The number of imide groups is 2. The Morgan fingerprint density at radius 1 is 0.868 bits per heavy atom. The van der Waals surface area contributed by atoms with Crippen LogP contribution in [0.1, 0.15) is 55.2 Å². The number of piperidine rings is 1. The highest BCUT2D eigenvalue weighted by Gasteiger charge is 2.45. The number of halogens is 5. The number of nitrogens with zero attached hydrogens (tertiary/aromatic N) is 4. The topological polar surface area (TPSA) is 221 Å². The Balaban J connectivity index is 0.752. The van der Waals surface area contributed by atoms with Crippen LogP contribution >= 0.6 is 35.1 Å². The summed E-state index contributed by atoms with van der Waals surface area (Å²) >= 11 is 12.8. The third kappa shape index (κ3) is 12.7. The zero-order valence-electron chi connectivity index (χ0n) is 35.4. The lowest BCUT2D eigenvalue weighted by atomic mass is 10.0. The molecular formula is C44H39Cl2F3N8O10S. The predicted molar refractivity (Wildman–Crippen MR) is 239 cm³/mol. The van der Waals surface area contributed by atoms with Crippen molar-refractivity contribution in [1.29, 1.82) is 0 Å². The molecule has 2 aliphatic rings. The number of carbonyl (C=O) groups is 6. The molecule has 6 amide bonds. The summed E-state index contributed by atoms with van der Waals surface area (Å²) in [5.74, 6) is -2.89. The Kier molecular flexibility index (Phi) is 16.3. The third-order valence-electron chi connectivity index (χ3n) is 10.0. The molecule has 1 atom stereocenters. The summed E-state index contributed by atoms with van der Waals surface area (Å²) in [6.45, 7) is 1.17. The molecule has 0 aliphatic carbocycles. The number of amides is 6. The van der Waals surface area contributed by atoms with Crippen LogP contribution in [-0.4, -0.2) is 101 Å². The van der Waals surface area contributed by atoms with Gasteiger partial charge in [-0.3, -0.25) is 39.0 Å². The van der Waals surface area contributed by atoms with Gasteiger partial charge in [-0.05, 0) is 91.2 Å². The monoisotopic (exact) mass is 998 g/mol. The van der Waals surface area contributed by atoms with Gasteiger partial charge in [0.15, 0.2) is 5.75 Å². The Labute approximate surface area is 399 Å². The van der Waals surface area contributed by atoms with Gasteiger partial charge in [-0.25, -0.2) is 4.68 Å². The average Bonchev–Trinajstić information content (AvgIpc) is 3.87. The number of alkyl halides is 3. The average molecular weight is 1000 g/mol. The minimum Gasteiger partial charge on any atom is -0.455 e. The summed E-state index contributed by atoms with van der Waals surface area (Å²) in [5.41, 5.74) is 0.372. The van der Waals surface area contributed by atoms with Crippen LogP contribution < -0.4 is 25.4 Å². The van der Waals surface area contributed by atoms with Gasteiger partial charge in [0.2, 0.25) is 17.7 Å². The fraction of sp³-hybridized carbons (Fsp3) is 0.273. The highest BCUT2D eigenvalue weighted by molar-refractivity contribution is 8.00. The number of carbonyl (C=O) groups excluding carboxylic acids is 6. The number of ether oxygens (including phenoxy) is 4. The van der Waals surface area contributed by atoms with Crippen LogP contribution in [0.3, 0.4) is 0 Å². The Morgan fingerprint density at radius 3 is 2.37 bits per heavy atom. The number of aromatic nitrogens is 3. The van der Waals surface area contributed by atoms with E-state index in [4.69, 9.17) is 42.1 Å². The summed E-state index contributed by atoms with van der Waals surface area (Å²) in [5, 5.41) is 15.6. The Bertz CT molecular complexity index is 2710. The summed E-state index contributed by atoms with van der Waals surface area (Å²) in [6.07, 6.45) is -2.96. The zero-order chi connectivity index (χ0) is 48.4. The highest BCUT2D eigenvalue weighted by Crippen LogP contribution is 2.39. The molecule has 1 fully saturated rings. The second-order valence-electron chi connectivity index (χ2n) is 14.8. The summed E-state index contributed by atoms with van der Waals surface area (Å²) < 4.78 is 67.0. The summed E-state index contributed by atoms with van der Waals surface area (Å²) in [6, 6.07) is 17.8. The molecule has 1 unspecified atom stereocenters. The number of benzene rings is 4. The number of rotatable bonds is 21. The predicted octanol–water partition coefficient (Wildman–Crippen LogP) is 6.53. The molecule has 18 nitrogen and oxygen atoms in total. The van der Waals surface area contributed by atoms with E-state index in [0.29, 0.717) is 46.6 Å². The van der Waals surface area contributed by atoms with Crippen LogP contribution in [-0.2, 0) is 47.9 Å². The molecule has 5 aromatic rings. The van der Waals surface area contributed by atoms with Gasteiger partial charge >= 0.3 is 6.18 Å². The van der Waals surface area contributed by atoms with E-state index >= 15 is 0 Å². The van der Waals surface area contributed by atoms with Gasteiger partial charge in [0, 0.05) is 21.9 Å². The lowest BCUT2D eigenvalue weighted by Crippen LogP contribution is -2.54. The molecule has 0 saturated carbocycles. The smallest absolute Gasteiger partial charge is 0.417 e. The van der Waals surface area contributed by atoms with E-state index in [-0.39, 0.29) is 80.0 Å². The first kappa shape index (κ1) is 49.3. The first-order valence-corrected chi connectivity index (χ1v) is 22.1. The second-order valence-corrected chi connectivity index (χ2v) is 16.5. The third-order valence-corrected chi connectivity index (χ3v) is 11.4. The van der Waals surface area contributed by atoms with Gasteiger partial charge in [-0.15, -0.1) is 5.10 Å². The van der Waals surface area contributed by atoms with Crippen molar-refractivity contribution < 1.29 is 60.9 Å². The van der Waals surface area contributed by atoms with E-state index in [1.165, 1.54) is 30.3 Å². The first-order valence-electron chi connectivity index (χ1n) is 20.6. The van der Waals surface area contributed by atoms with Crippen LogP contribution in [0.15, 0.2) is 90.0 Å². The Hall–Kier alpha value is -6.56. The van der Waals surface area contributed by atoms with E-state index in [1.54, 1.807) is 53.3 Å². The first-order chi connectivity index (χ1) is 32.6. The summed E-state index contributed by atoms with van der Waals surface area (Å²) in [7, 11) is 0. The van der Waals surface area contributed by atoms with E-state index in [9.17, 15) is 41.9 Å². The van der Waals surface area contributed by atoms with Gasteiger partial charge < -0.3 is 34.3 Å². The van der Waals surface area contributed by atoms with Gasteiger partial charge in [0.05, 0.1) is 85.4 Å². The molecule has 356 valence electrons. The molecule has 4 N–H and O–H groups in total. The molecular weight excluding hydrogens is 960 g/mol. The minimum absolute atomic E-state index is 0.00629. The zero-order valence-corrected chi connectivity index (χ0v) is 37.7. The van der Waals surface area contributed by atoms with Crippen molar-refractivity contribution in [2.45, 2.75) is 43.0 Å². The molecule has 68 heavy (non-hydrogen) atoms. The quantitative estimate of drug-likeness (QED) is 0.0349. The molecule has 7 rings (SSSR count). The molecule has 0 radical (unpaired) electrons. The van der Waals surface area contributed by atoms with Crippen LogP contribution in [0.25, 0.3) is 0 Å². The van der Waals surface area contributed by atoms with Crippen molar-refractivity contribution in [3.05, 3.63) is 123 Å². The fourth-order valence-electron chi connectivity index (χ4n) is 6.74. The van der Waals surface area contributed by atoms with Crippen LogP contribution in [0.5, 0.6) is 11.5 Å². The minimum atomic E-state index is -4.62. The van der Waals surface area contributed by atoms with E-state index in [0.717, 1.165) is 22.9 Å². The van der Waals surface area contributed by atoms with Crippen LogP contribution in [0, 0.1) is 0 Å². The molecule has 2 aliphatic heterocycles. The number of anilines is 2. The largest absolute Gasteiger partial charge is 0.455 e. The maximum atomic E-state index is 13.3. The van der Waals surface area contributed by atoms with E-state index in [2.05, 4.69) is 31.0 Å². The van der Waals surface area contributed by atoms with Crippen molar-refractivity contribution in [3.63, 3.8) is 0 Å². The van der Waals surface area contributed by atoms with Crippen molar-refractivity contribution >= 4 is 82.0 Å². The second kappa shape index (κ2) is 22.5. The van der Waals surface area contributed by atoms with Crippen molar-refractivity contribution in [2.24, 2.45) is 0 Å². The maximum Gasteiger partial charge on any atom is 0.417 e. The molecule has 1 saturated heterocycles. The molecule has 3 heterocycles. The van der Waals surface area contributed by atoms with Gasteiger partial charge in [-0.1, -0.05) is 34.5 Å². The number of fused-ring (bicyclic) bond motifs is 1. The maximum absolute atomic E-state index is 13.3. The van der Waals surface area contributed by atoms with Gasteiger partial charge in [0.25, 0.3) is 17.7 Å². The van der Waals surface area contributed by atoms with Crippen molar-refractivity contribution in [2.75, 3.05) is 49.7 Å². The highest BCUT2D eigenvalue weighted by atomic mass is 35.5.